The first kappa shape index (κ1) is 10.6. The molecule has 2 nitrogen and oxygen atoms in total. The van der Waals surface area contributed by atoms with Gasteiger partial charge in [0.1, 0.15) is 0 Å². The number of halogens is 4. The Morgan fingerprint density at radius 2 is 1.73 bits per heavy atom. The number of alkyl halides is 4. The second kappa shape index (κ2) is 3.36. The predicted octanol–water partition coefficient (Wildman–Crippen LogP) is 1.24. The van der Waals surface area contributed by atoms with Crippen molar-refractivity contribution in [3.8, 4) is 0 Å². The summed E-state index contributed by atoms with van der Waals surface area (Å²) in [6.45, 7) is -1.01. The van der Waals surface area contributed by atoms with Crippen LogP contribution in [0.4, 0.5) is 17.6 Å². The zero-order valence-corrected chi connectivity index (χ0v) is 5.78. The number of methoxy groups -OCH3 is 1. The third-order valence-electron chi connectivity index (χ3n) is 1.11. The van der Waals surface area contributed by atoms with Gasteiger partial charge in [0.2, 0.25) is 0 Å². The zero-order chi connectivity index (χ0) is 9.12. The molecule has 0 bridgehead atoms. The molecule has 11 heavy (non-hydrogen) atoms. The molecular weight excluding hydrogens is 168 g/mol. The maximum Gasteiger partial charge on any atom is 0.419 e. The smallest absolute Gasteiger partial charge is 0.396 e. The van der Waals surface area contributed by atoms with Crippen molar-refractivity contribution >= 4 is 0 Å². The van der Waals surface area contributed by atoms with E-state index in [1.165, 1.54) is 0 Å². The minimum absolute atomic E-state index is 0.477. The summed E-state index contributed by atoms with van der Waals surface area (Å²) in [6.07, 6.45) is -5.82. The highest BCUT2D eigenvalue weighted by Crippen LogP contribution is 2.36. The van der Waals surface area contributed by atoms with Crippen molar-refractivity contribution in [3.05, 3.63) is 0 Å². The Labute approximate surface area is 60.8 Å². The Balaban J connectivity index is 4.26. The molecule has 0 aliphatic carbocycles. The lowest BCUT2D eigenvalue weighted by Gasteiger charge is -2.23. The molecule has 0 heterocycles. The van der Waals surface area contributed by atoms with E-state index in [9.17, 15) is 17.6 Å². The lowest BCUT2D eigenvalue weighted by atomic mass is 10.2. The van der Waals surface area contributed by atoms with E-state index in [-0.39, 0.29) is 0 Å². The molecule has 0 atom stereocenters. The van der Waals surface area contributed by atoms with Crippen LogP contribution < -0.4 is 0 Å². The van der Waals surface area contributed by atoms with Crippen LogP contribution in [0.1, 0.15) is 6.42 Å². The molecule has 0 unspecified atom stereocenters. The maximum absolute atomic E-state index is 12.2. The van der Waals surface area contributed by atoms with E-state index in [1.54, 1.807) is 0 Å². The van der Waals surface area contributed by atoms with Gasteiger partial charge < -0.3 is 9.84 Å². The van der Waals surface area contributed by atoms with Gasteiger partial charge >= 0.3 is 12.0 Å². The molecule has 0 aliphatic rings. The Morgan fingerprint density at radius 1 is 1.27 bits per heavy atom. The van der Waals surface area contributed by atoms with Crippen LogP contribution in [0.3, 0.4) is 0 Å². The second-order valence-corrected chi connectivity index (χ2v) is 1.90. The Bertz CT molecular complexity index is 126. The van der Waals surface area contributed by atoms with Crippen molar-refractivity contribution in [1.29, 1.82) is 0 Å². The maximum atomic E-state index is 12.2. The average molecular weight is 176 g/mol. The molecule has 0 aliphatic heterocycles. The van der Waals surface area contributed by atoms with E-state index >= 15 is 0 Å². The molecule has 0 saturated carbocycles. The van der Waals surface area contributed by atoms with Crippen LogP contribution in [0.15, 0.2) is 0 Å². The van der Waals surface area contributed by atoms with Gasteiger partial charge in [0, 0.05) is 20.1 Å². The molecule has 68 valence electrons. The quantitative estimate of drug-likeness (QED) is 0.653. The van der Waals surface area contributed by atoms with Crippen molar-refractivity contribution in [2.75, 3.05) is 13.7 Å². The SMILES string of the molecule is COC(F)(F)C(F)(F)CCO. The summed E-state index contributed by atoms with van der Waals surface area (Å²) in [7, 11) is 0.477. The number of hydrogen-bond donors (Lipinski definition) is 1. The lowest BCUT2D eigenvalue weighted by Crippen LogP contribution is -2.42. The molecule has 0 aromatic heterocycles. The van der Waals surface area contributed by atoms with E-state index < -0.39 is 25.1 Å². The molecule has 0 aromatic carbocycles. The van der Waals surface area contributed by atoms with E-state index in [0.29, 0.717) is 7.11 Å². The standard InChI is InChI=1S/C5H8F4O2/c1-11-5(8,9)4(6,7)2-3-10/h10H,2-3H2,1H3. The van der Waals surface area contributed by atoms with Gasteiger partial charge in [-0.2, -0.15) is 17.6 Å². The molecule has 0 rings (SSSR count). The number of ether oxygens (including phenoxy) is 1. The summed E-state index contributed by atoms with van der Waals surface area (Å²) in [4.78, 5) is 0. The molecule has 1 N–H and O–H groups in total. The van der Waals surface area contributed by atoms with E-state index in [2.05, 4.69) is 4.74 Å². The van der Waals surface area contributed by atoms with Gasteiger partial charge in [-0.3, -0.25) is 0 Å². The van der Waals surface area contributed by atoms with Gasteiger partial charge in [0.15, 0.2) is 0 Å². The van der Waals surface area contributed by atoms with Crippen LogP contribution >= 0.6 is 0 Å². The summed E-state index contributed by atoms with van der Waals surface area (Å²) in [5.74, 6) is -4.31. The van der Waals surface area contributed by atoms with Crippen molar-refractivity contribution in [2.24, 2.45) is 0 Å². The van der Waals surface area contributed by atoms with Crippen molar-refractivity contribution in [1.82, 2.24) is 0 Å². The van der Waals surface area contributed by atoms with Crippen LogP contribution in [0.2, 0.25) is 0 Å². The van der Waals surface area contributed by atoms with Gasteiger partial charge in [0.05, 0.1) is 0 Å². The van der Waals surface area contributed by atoms with Crippen LogP contribution in [0, 0.1) is 0 Å². The first-order valence-corrected chi connectivity index (χ1v) is 2.79. The highest BCUT2D eigenvalue weighted by molar-refractivity contribution is 4.75. The monoisotopic (exact) mass is 176 g/mol. The summed E-state index contributed by atoms with van der Waals surface area (Å²) in [6, 6.07) is 0. The first-order chi connectivity index (χ1) is 4.87. The van der Waals surface area contributed by atoms with Gasteiger partial charge in [0.25, 0.3) is 0 Å². The van der Waals surface area contributed by atoms with E-state index in [1.807, 2.05) is 0 Å². The fourth-order valence-corrected chi connectivity index (χ4v) is 0.435. The number of aliphatic hydroxyl groups excluding tert-OH is 1. The number of hydrogen-bond acceptors (Lipinski definition) is 2. The third-order valence-corrected chi connectivity index (χ3v) is 1.11. The molecular formula is C5H8F4O2. The van der Waals surface area contributed by atoms with Gasteiger partial charge in [-0.25, -0.2) is 0 Å². The van der Waals surface area contributed by atoms with Gasteiger partial charge in [-0.1, -0.05) is 0 Å². The molecule has 0 fully saturated rings. The van der Waals surface area contributed by atoms with E-state index in [0.717, 1.165) is 0 Å². The highest BCUT2D eigenvalue weighted by Gasteiger charge is 2.56. The topological polar surface area (TPSA) is 29.5 Å². The fourth-order valence-electron chi connectivity index (χ4n) is 0.435. The lowest BCUT2D eigenvalue weighted by molar-refractivity contribution is -0.340. The first-order valence-electron chi connectivity index (χ1n) is 2.79. The summed E-state index contributed by atoms with van der Waals surface area (Å²) in [5.41, 5.74) is 0. The Kier molecular flexibility index (Phi) is 3.25. The minimum atomic E-state index is -4.50. The molecule has 0 spiro atoms. The van der Waals surface area contributed by atoms with E-state index in [4.69, 9.17) is 5.11 Å². The predicted molar refractivity (Wildman–Crippen MR) is 28.6 cm³/mol. The largest absolute Gasteiger partial charge is 0.419 e. The van der Waals surface area contributed by atoms with Crippen molar-refractivity contribution in [2.45, 2.75) is 18.5 Å². The molecule has 0 amide bonds. The average Bonchev–Trinajstić information content (AvgIpc) is 1.87. The summed E-state index contributed by atoms with van der Waals surface area (Å²) in [5, 5.41) is 7.99. The number of rotatable bonds is 4. The third kappa shape index (κ3) is 2.30. The molecule has 0 aromatic rings. The van der Waals surface area contributed by atoms with Crippen molar-refractivity contribution < 1.29 is 27.4 Å². The summed E-state index contributed by atoms with van der Waals surface area (Å²) >= 11 is 0. The Hall–Kier alpha value is -0.360. The van der Waals surface area contributed by atoms with Crippen LogP contribution in [0.5, 0.6) is 0 Å². The fraction of sp³-hybridized carbons (Fsp3) is 1.00. The Morgan fingerprint density at radius 3 is 2.00 bits per heavy atom. The molecule has 6 heteroatoms. The normalized spacial score (nSPS) is 13.6. The second-order valence-electron chi connectivity index (χ2n) is 1.90. The van der Waals surface area contributed by atoms with Gasteiger partial charge in [-0.05, 0) is 0 Å². The summed E-state index contributed by atoms with van der Waals surface area (Å²) < 4.78 is 51.7. The van der Waals surface area contributed by atoms with Crippen LogP contribution in [-0.2, 0) is 4.74 Å². The van der Waals surface area contributed by atoms with Crippen LogP contribution in [0.25, 0.3) is 0 Å². The zero-order valence-electron chi connectivity index (χ0n) is 5.78. The van der Waals surface area contributed by atoms with Crippen molar-refractivity contribution in [3.63, 3.8) is 0 Å². The van der Waals surface area contributed by atoms with Gasteiger partial charge in [-0.15, -0.1) is 0 Å². The molecule has 0 radical (unpaired) electrons. The molecule has 0 saturated heterocycles. The van der Waals surface area contributed by atoms with Crippen LogP contribution in [-0.4, -0.2) is 30.9 Å². The highest BCUT2D eigenvalue weighted by atomic mass is 19.3. The minimum Gasteiger partial charge on any atom is -0.396 e. The number of aliphatic hydroxyl groups is 1.